The number of fused-ring (bicyclic) bond motifs is 1. The first-order valence-electron chi connectivity index (χ1n) is 13.9. The van der Waals surface area contributed by atoms with Crippen LogP contribution >= 0.6 is 15.9 Å². The van der Waals surface area contributed by atoms with E-state index in [-0.39, 0.29) is 6.04 Å². The molecule has 41 heavy (non-hydrogen) atoms. The van der Waals surface area contributed by atoms with Crippen LogP contribution in [0, 0.1) is 0 Å². The number of rotatable bonds is 5. The van der Waals surface area contributed by atoms with Crippen molar-refractivity contribution in [3.05, 3.63) is 167 Å². The summed E-state index contributed by atoms with van der Waals surface area (Å²) in [6, 6.07) is 51.2. The first kappa shape index (κ1) is 25.4. The highest BCUT2D eigenvalue weighted by Crippen LogP contribution is 2.48. The van der Waals surface area contributed by atoms with Crippen LogP contribution in [-0.4, -0.2) is 6.67 Å². The number of hydrogen-bond acceptors (Lipinski definition) is 3. The summed E-state index contributed by atoms with van der Waals surface area (Å²) >= 11 is 3.66. The van der Waals surface area contributed by atoms with E-state index in [0.29, 0.717) is 6.67 Å². The Hall–Kier alpha value is -4.54. The van der Waals surface area contributed by atoms with Gasteiger partial charge in [-0.2, -0.15) is 0 Å². The average molecular weight is 598 g/mol. The maximum absolute atomic E-state index is 6.98. The fraction of sp³-hybridized carbons (Fsp3) is 0.0811. The van der Waals surface area contributed by atoms with E-state index in [1.165, 1.54) is 22.4 Å². The summed E-state index contributed by atoms with van der Waals surface area (Å²) in [6.07, 6.45) is 0. The Morgan fingerprint density at radius 2 is 1.07 bits per heavy atom. The van der Waals surface area contributed by atoms with Crippen molar-refractivity contribution >= 4 is 27.3 Å². The quantitative estimate of drug-likeness (QED) is 0.197. The molecule has 0 radical (unpaired) electrons. The van der Waals surface area contributed by atoms with E-state index < -0.39 is 0 Å². The molecule has 7 rings (SSSR count). The van der Waals surface area contributed by atoms with Crippen molar-refractivity contribution in [3.8, 4) is 22.6 Å². The van der Waals surface area contributed by atoms with E-state index in [1.807, 2.05) is 0 Å². The average Bonchev–Trinajstić information content (AvgIpc) is 3.31. The Morgan fingerprint density at radius 3 is 1.66 bits per heavy atom. The summed E-state index contributed by atoms with van der Waals surface area (Å²) in [6.45, 7) is 1.43. The van der Waals surface area contributed by atoms with Gasteiger partial charge in [0.25, 0.3) is 0 Å². The molecule has 1 aromatic heterocycles. The molecule has 0 spiro atoms. The fourth-order valence-electron chi connectivity index (χ4n) is 5.87. The van der Waals surface area contributed by atoms with Crippen LogP contribution in [0.15, 0.2) is 154 Å². The Morgan fingerprint density at radius 1 is 0.561 bits per heavy atom. The van der Waals surface area contributed by atoms with E-state index in [9.17, 15) is 0 Å². The third-order valence-corrected chi connectivity index (χ3v) is 8.30. The molecular formula is C37H29BrN2O. The topological polar surface area (TPSA) is 19.6 Å². The minimum Gasteiger partial charge on any atom is -0.455 e. The minimum absolute atomic E-state index is 0.0781. The Balaban J connectivity index is 1.55. The zero-order valence-corrected chi connectivity index (χ0v) is 24.1. The summed E-state index contributed by atoms with van der Waals surface area (Å²) in [4.78, 5) is 4.97. The van der Waals surface area contributed by atoms with Gasteiger partial charge in [0.2, 0.25) is 0 Å². The third kappa shape index (κ3) is 4.96. The summed E-state index contributed by atoms with van der Waals surface area (Å²) in [5.41, 5.74) is 8.14. The van der Waals surface area contributed by atoms with Gasteiger partial charge in [-0.25, -0.2) is 0 Å². The standard InChI is InChI=1S/C37H29BrN2O/c38-30-23-21-27(22-24-30)35-34-33(36(28-13-5-1-6-14-28)41-37(34)29-15-7-2-8-16-29)25-39(31-17-9-3-10-18-31)26-40(35)32-19-11-4-12-20-32/h1-24,35H,25-26H2. The molecule has 5 aromatic carbocycles. The monoisotopic (exact) mass is 596 g/mol. The molecule has 1 atom stereocenters. The Bertz CT molecular complexity index is 1730. The van der Waals surface area contributed by atoms with E-state index in [1.54, 1.807) is 0 Å². The van der Waals surface area contributed by atoms with Crippen molar-refractivity contribution in [2.45, 2.75) is 12.6 Å². The highest BCUT2D eigenvalue weighted by atomic mass is 79.9. The molecule has 0 N–H and O–H groups in total. The van der Waals surface area contributed by atoms with E-state index in [2.05, 4.69) is 171 Å². The molecule has 0 bridgehead atoms. The lowest BCUT2D eigenvalue weighted by Gasteiger charge is -2.36. The highest BCUT2D eigenvalue weighted by Gasteiger charge is 2.37. The molecule has 4 heteroatoms. The summed E-state index contributed by atoms with van der Waals surface area (Å²) in [5, 5.41) is 0. The number of nitrogens with zero attached hydrogens (tertiary/aromatic N) is 2. The first-order valence-corrected chi connectivity index (χ1v) is 14.7. The molecule has 0 saturated carbocycles. The van der Waals surface area contributed by atoms with Crippen molar-refractivity contribution in [1.82, 2.24) is 0 Å². The molecule has 1 aliphatic rings. The maximum Gasteiger partial charge on any atom is 0.140 e. The largest absolute Gasteiger partial charge is 0.455 e. The molecule has 1 unspecified atom stereocenters. The minimum atomic E-state index is -0.0781. The first-order chi connectivity index (χ1) is 20.3. The SMILES string of the molecule is Brc1ccc(C2c3c(-c4ccccc4)oc(-c4ccccc4)c3CN(c3ccccc3)CN2c2ccccc2)cc1. The summed E-state index contributed by atoms with van der Waals surface area (Å²) < 4.78 is 8.04. The van der Waals surface area contributed by atoms with Gasteiger partial charge < -0.3 is 14.2 Å². The molecule has 1 aliphatic heterocycles. The van der Waals surface area contributed by atoms with Gasteiger partial charge in [-0.3, -0.25) is 0 Å². The molecule has 0 saturated heterocycles. The second kappa shape index (κ2) is 11.1. The molecule has 0 aliphatic carbocycles. The predicted octanol–water partition coefficient (Wildman–Crippen LogP) is 9.95. The number of hydrogen-bond donors (Lipinski definition) is 0. The normalized spacial score (nSPS) is 14.9. The summed E-state index contributed by atoms with van der Waals surface area (Å²) in [5.74, 6) is 1.85. The molecule has 0 amide bonds. The predicted molar refractivity (Wildman–Crippen MR) is 172 cm³/mol. The smallest absolute Gasteiger partial charge is 0.140 e. The van der Waals surface area contributed by atoms with Crippen molar-refractivity contribution in [1.29, 1.82) is 0 Å². The van der Waals surface area contributed by atoms with Crippen LogP contribution in [0.3, 0.4) is 0 Å². The number of furan rings is 1. The van der Waals surface area contributed by atoms with Crippen molar-refractivity contribution in [2.75, 3.05) is 16.5 Å². The number of anilines is 2. The van der Waals surface area contributed by atoms with Crippen LogP contribution in [-0.2, 0) is 6.54 Å². The van der Waals surface area contributed by atoms with Crippen molar-refractivity contribution in [3.63, 3.8) is 0 Å². The number of benzene rings is 5. The second-order valence-corrected chi connectivity index (χ2v) is 11.2. The van der Waals surface area contributed by atoms with Crippen LogP contribution in [0.2, 0.25) is 0 Å². The lowest BCUT2D eigenvalue weighted by Crippen LogP contribution is -2.38. The van der Waals surface area contributed by atoms with E-state index >= 15 is 0 Å². The fourth-order valence-corrected chi connectivity index (χ4v) is 6.13. The Labute approximate surface area is 249 Å². The molecular weight excluding hydrogens is 568 g/mol. The maximum atomic E-state index is 6.98. The zero-order chi connectivity index (χ0) is 27.6. The highest BCUT2D eigenvalue weighted by molar-refractivity contribution is 9.10. The van der Waals surface area contributed by atoms with Gasteiger partial charge in [-0.1, -0.05) is 125 Å². The lowest BCUT2D eigenvalue weighted by molar-refractivity contribution is 0.582. The van der Waals surface area contributed by atoms with Crippen LogP contribution in [0.4, 0.5) is 11.4 Å². The van der Waals surface area contributed by atoms with Gasteiger partial charge in [0.1, 0.15) is 11.5 Å². The molecule has 200 valence electrons. The van der Waals surface area contributed by atoms with Crippen LogP contribution in [0.25, 0.3) is 22.6 Å². The van der Waals surface area contributed by atoms with Crippen molar-refractivity contribution in [2.24, 2.45) is 0 Å². The van der Waals surface area contributed by atoms with Gasteiger partial charge in [0, 0.05) is 44.6 Å². The molecule has 6 aromatic rings. The van der Waals surface area contributed by atoms with Gasteiger partial charge >= 0.3 is 0 Å². The van der Waals surface area contributed by atoms with E-state index in [0.717, 1.165) is 39.4 Å². The molecule has 3 nitrogen and oxygen atoms in total. The molecule has 2 heterocycles. The van der Waals surface area contributed by atoms with Gasteiger partial charge in [0.05, 0.1) is 12.7 Å². The van der Waals surface area contributed by atoms with Crippen LogP contribution < -0.4 is 9.80 Å². The lowest BCUT2D eigenvalue weighted by atomic mass is 9.90. The van der Waals surface area contributed by atoms with Gasteiger partial charge in [-0.05, 0) is 42.0 Å². The van der Waals surface area contributed by atoms with Gasteiger partial charge in [0.15, 0.2) is 0 Å². The number of halogens is 1. The third-order valence-electron chi connectivity index (χ3n) is 7.77. The number of para-hydroxylation sites is 2. The molecule has 0 fully saturated rings. The van der Waals surface area contributed by atoms with Crippen LogP contribution in [0.5, 0.6) is 0 Å². The van der Waals surface area contributed by atoms with E-state index in [4.69, 9.17) is 4.42 Å². The van der Waals surface area contributed by atoms with Crippen LogP contribution in [0.1, 0.15) is 22.7 Å². The Kier molecular flexibility index (Phi) is 6.91. The van der Waals surface area contributed by atoms with Gasteiger partial charge in [-0.15, -0.1) is 0 Å². The zero-order valence-electron chi connectivity index (χ0n) is 22.5. The second-order valence-electron chi connectivity index (χ2n) is 10.3. The summed E-state index contributed by atoms with van der Waals surface area (Å²) in [7, 11) is 0. The van der Waals surface area contributed by atoms with Crippen molar-refractivity contribution < 1.29 is 4.42 Å².